The molecular formula is C12H11N5OS. The van der Waals surface area contributed by atoms with Crippen molar-refractivity contribution in [2.75, 3.05) is 0 Å². The molecule has 3 aromatic rings. The van der Waals surface area contributed by atoms with Crippen molar-refractivity contribution < 1.29 is 4.79 Å². The highest BCUT2D eigenvalue weighted by Gasteiger charge is 2.17. The van der Waals surface area contributed by atoms with Crippen molar-refractivity contribution in [3.63, 3.8) is 0 Å². The Morgan fingerprint density at radius 1 is 1.42 bits per heavy atom. The molecular weight excluding hydrogens is 262 g/mol. The number of benzene rings is 1. The zero-order chi connectivity index (χ0) is 13.2. The smallest absolute Gasteiger partial charge is 0.275 e. The molecule has 7 heteroatoms. The van der Waals surface area contributed by atoms with E-state index in [-0.39, 0.29) is 5.91 Å². The van der Waals surface area contributed by atoms with Crippen molar-refractivity contribution in [3.8, 4) is 0 Å². The van der Waals surface area contributed by atoms with Crippen LogP contribution >= 0.6 is 11.3 Å². The second kappa shape index (κ2) is 4.79. The van der Waals surface area contributed by atoms with Crippen LogP contribution in [0.2, 0.25) is 0 Å². The molecule has 0 aliphatic rings. The number of rotatable bonds is 3. The van der Waals surface area contributed by atoms with Gasteiger partial charge in [0.15, 0.2) is 0 Å². The molecule has 0 saturated carbocycles. The van der Waals surface area contributed by atoms with Gasteiger partial charge in [-0.1, -0.05) is 18.2 Å². The van der Waals surface area contributed by atoms with Crippen LogP contribution < -0.4 is 11.3 Å². The minimum absolute atomic E-state index is 0.281. The molecule has 1 aromatic carbocycles. The van der Waals surface area contributed by atoms with Gasteiger partial charge in [0.2, 0.25) is 0 Å². The summed E-state index contributed by atoms with van der Waals surface area (Å²) in [5, 5.41) is 5.11. The maximum absolute atomic E-state index is 11.9. The number of fused-ring (bicyclic) bond motifs is 1. The minimum atomic E-state index is -0.281. The van der Waals surface area contributed by atoms with Gasteiger partial charge >= 0.3 is 0 Å². The molecule has 0 saturated heterocycles. The number of nitrogens with zero attached hydrogens (tertiary/aromatic N) is 3. The lowest BCUT2D eigenvalue weighted by atomic mass is 10.1. The standard InChI is InChI=1S/C12H11N5OS/c13-16-12(18)11-9(5-17-7-14-6-15-17)8-3-1-2-4-10(8)19-11/h1-4,6-7H,5,13H2,(H,16,18). The lowest BCUT2D eigenvalue weighted by Crippen LogP contribution is -2.30. The second-order valence-corrected chi connectivity index (χ2v) is 5.02. The summed E-state index contributed by atoms with van der Waals surface area (Å²) in [6.45, 7) is 0.493. The van der Waals surface area contributed by atoms with Crippen LogP contribution in [-0.2, 0) is 6.54 Å². The molecule has 0 bridgehead atoms. The number of hydrogen-bond acceptors (Lipinski definition) is 5. The van der Waals surface area contributed by atoms with Crippen LogP contribution in [0.4, 0.5) is 0 Å². The minimum Gasteiger partial charge on any atom is -0.289 e. The van der Waals surface area contributed by atoms with E-state index in [0.717, 1.165) is 15.6 Å². The molecule has 6 nitrogen and oxygen atoms in total. The number of amides is 1. The first kappa shape index (κ1) is 11.8. The third-order valence-electron chi connectivity index (χ3n) is 2.82. The Bertz CT molecular complexity index is 719. The predicted octanol–water partition coefficient (Wildman–Crippen LogP) is 1.14. The van der Waals surface area contributed by atoms with Crippen LogP contribution in [0.1, 0.15) is 15.2 Å². The van der Waals surface area contributed by atoms with Crippen molar-refractivity contribution in [1.82, 2.24) is 20.2 Å². The van der Waals surface area contributed by atoms with Gasteiger partial charge < -0.3 is 0 Å². The van der Waals surface area contributed by atoms with Gasteiger partial charge in [-0.2, -0.15) is 5.10 Å². The van der Waals surface area contributed by atoms with E-state index in [0.29, 0.717) is 11.4 Å². The summed E-state index contributed by atoms with van der Waals surface area (Å²) < 4.78 is 2.73. The van der Waals surface area contributed by atoms with Crippen LogP contribution in [0.3, 0.4) is 0 Å². The third-order valence-corrected chi connectivity index (χ3v) is 4.03. The maximum atomic E-state index is 11.9. The SMILES string of the molecule is NNC(=O)c1sc2ccccc2c1Cn1cncn1. The molecule has 0 atom stereocenters. The Hall–Kier alpha value is -2.25. The van der Waals surface area contributed by atoms with Crippen molar-refractivity contribution >= 4 is 27.3 Å². The van der Waals surface area contributed by atoms with Crippen molar-refractivity contribution in [1.29, 1.82) is 0 Å². The number of nitrogens with one attached hydrogen (secondary N) is 1. The fourth-order valence-corrected chi connectivity index (χ4v) is 3.10. The number of aromatic nitrogens is 3. The Morgan fingerprint density at radius 2 is 2.26 bits per heavy atom. The Labute approximate surface area is 112 Å². The van der Waals surface area contributed by atoms with Crippen molar-refractivity contribution in [3.05, 3.63) is 47.4 Å². The van der Waals surface area contributed by atoms with Gasteiger partial charge in [0.1, 0.15) is 12.7 Å². The highest BCUT2D eigenvalue weighted by molar-refractivity contribution is 7.21. The summed E-state index contributed by atoms with van der Waals surface area (Å²) in [4.78, 5) is 16.4. The molecule has 2 heterocycles. The molecule has 3 rings (SSSR count). The highest BCUT2D eigenvalue weighted by atomic mass is 32.1. The van der Waals surface area contributed by atoms with Gasteiger partial charge in [-0.3, -0.25) is 10.2 Å². The van der Waals surface area contributed by atoms with E-state index >= 15 is 0 Å². The monoisotopic (exact) mass is 273 g/mol. The Morgan fingerprint density at radius 3 is 3.00 bits per heavy atom. The number of carbonyl (C=O) groups excluding carboxylic acids is 1. The molecule has 3 N–H and O–H groups in total. The van der Waals surface area contributed by atoms with Gasteiger partial charge in [-0.25, -0.2) is 15.5 Å². The quantitative estimate of drug-likeness (QED) is 0.426. The topological polar surface area (TPSA) is 85.8 Å². The average molecular weight is 273 g/mol. The van der Waals surface area contributed by atoms with E-state index in [1.54, 1.807) is 11.0 Å². The summed E-state index contributed by atoms with van der Waals surface area (Å²) in [7, 11) is 0. The van der Waals surface area contributed by atoms with E-state index in [1.807, 2.05) is 24.3 Å². The van der Waals surface area contributed by atoms with Gasteiger partial charge in [0.25, 0.3) is 5.91 Å². The molecule has 0 aliphatic carbocycles. The van der Waals surface area contributed by atoms with Crippen LogP contribution in [0, 0.1) is 0 Å². The lowest BCUT2D eigenvalue weighted by Gasteiger charge is -2.03. The molecule has 0 aliphatic heterocycles. The van der Waals surface area contributed by atoms with E-state index in [4.69, 9.17) is 5.84 Å². The molecule has 19 heavy (non-hydrogen) atoms. The molecule has 96 valence electrons. The van der Waals surface area contributed by atoms with Crippen LogP contribution in [0.25, 0.3) is 10.1 Å². The lowest BCUT2D eigenvalue weighted by molar-refractivity contribution is 0.0957. The third kappa shape index (κ3) is 2.09. The largest absolute Gasteiger partial charge is 0.289 e. The first-order valence-corrected chi connectivity index (χ1v) is 6.45. The molecule has 0 unspecified atom stereocenters. The fraction of sp³-hybridized carbons (Fsp3) is 0.0833. The molecule has 0 spiro atoms. The van der Waals surface area contributed by atoms with Gasteiger partial charge in [-0.05, 0) is 11.5 Å². The van der Waals surface area contributed by atoms with Crippen LogP contribution in [0.5, 0.6) is 0 Å². The predicted molar refractivity (Wildman–Crippen MR) is 72.6 cm³/mol. The average Bonchev–Trinajstić information content (AvgIpc) is 3.07. The number of nitrogens with two attached hydrogens (primary N) is 1. The number of nitrogen functional groups attached to an aromatic ring is 1. The Kier molecular flexibility index (Phi) is 2.98. The first-order chi connectivity index (χ1) is 9.29. The summed E-state index contributed by atoms with van der Waals surface area (Å²) in [6.07, 6.45) is 3.09. The van der Waals surface area contributed by atoms with Gasteiger partial charge in [-0.15, -0.1) is 11.3 Å². The van der Waals surface area contributed by atoms with Crippen molar-refractivity contribution in [2.24, 2.45) is 5.84 Å². The van der Waals surface area contributed by atoms with E-state index < -0.39 is 0 Å². The normalized spacial score (nSPS) is 10.8. The second-order valence-electron chi connectivity index (χ2n) is 3.97. The molecule has 2 aromatic heterocycles. The molecule has 0 radical (unpaired) electrons. The molecule has 0 fully saturated rings. The zero-order valence-electron chi connectivity index (χ0n) is 9.91. The summed E-state index contributed by atoms with van der Waals surface area (Å²) in [5.41, 5.74) is 3.10. The van der Waals surface area contributed by atoms with Gasteiger partial charge in [0, 0.05) is 10.3 Å². The van der Waals surface area contributed by atoms with E-state index in [9.17, 15) is 4.79 Å². The van der Waals surface area contributed by atoms with Crippen LogP contribution in [0.15, 0.2) is 36.9 Å². The number of hydrazine groups is 1. The number of carbonyl (C=O) groups is 1. The van der Waals surface area contributed by atoms with Gasteiger partial charge in [0.05, 0.1) is 11.4 Å². The Balaban J connectivity index is 2.15. The number of thiophene rings is 1. The van der Waals surface area contributed by atoms with E-state index in [1.165, 1.54) is 17.7 Å². The molecule has 1 amide bonds. The highest BCUT2D eigenvalue weighted by Crippen LogP contribution is 2.31. The zero-order valence-corrected chi connectivity index (χ0v) is 10.7. The summed E-state index contributed by atoms with van der Waals surface area (Å²) in [6, 6.07) is 7.87. The van der Waals surface area contributed by atoms with E-state index in [2.05, 4.69) is 15.5 Å². The number of hydrogen-bond donors (Lipinski definition) is 2. The first-order valence-electron chi connectivity index (χ1n) is 5.63. The fourth-order valence-electron chi connectivity index (χ4n) is 1.98. The maximum Gasteiger partial charge on any atom is 0.275 e. The summed E-state index contributed by atoms with van der Waals surface area (Å²) in [5.74, 6) is 4.96. The van der Waals surface area contributed by atoms with Crippen molar-refractivity contribution in [2.45, 2.75) is 6.54 Å². The summed E-state index contributed by atoms with van der Waals surface area (Å²) >= 11 is 1.42. The van der Waals surface area contributed by atoms with Crippen LogP contribution in [-0.4, -0.2) is 20.7 Å².